The second-order valence-corrected chi connectivity index (χ2v) is 5.25. The quantitative estimate of drug-likeness (QED) is 0.850. The van der Waals surface area contributed by atoms with Crippen molar-refractivity contribution >= 4 is 5.82 Å². The van der Waals surface area contributed by atoms with Gasteiger partial charge in [-0.05, 0) is 30.9 Å². The second-order valence-electron chi connectivity index (χ2n) is 5.25. The van der Waals surface area contributed by atoms with Crippen LogP contribution in [0.3, 0.4) is 0 Å². The van der Waals surface area contributed by atoms with E-state index in [9.17, 15) is 0 Å². The lowest BCUT2D eigenvalue weighted by Crippen LogP contribution is -2.48. The Labute approximate surface area is 109 Å². The number of nitrogens with two attached hydrogens (primary N) is 1. The Balaban J connectivity index is 1.66. The molecule has 2 heterocycles. The molecule has 18 heavy (non-hydrogen) atoms. The van der Waals surface area contributed by atoms with Gasteiger partial charge in [0.15, 0.2) is 0 Å². The van der Waals surface area contributed by atoms with Gasteiger partial charge in [-0.1, -0.05) is 6.07 Å². The normalized spacial score (nSPS) is 20.2. The molecule has 2 N–H and O–H groups in total. The van der Waals surface area contributed by atoms with Crippen LogP contribution in [0.15, 0.2) is 12.1 Å². The average molecular weight is 246 g/mol. The Bertz CT molecular complexity index is 410. The molecule has 1 aromatic heterocycles. The van der Waals surface area contributed by atoms with Crippen LogP contribution in [0, 0.1) is 0 Å². The van der Waals surface area contributed by atoms with Crippen LogP contribution in [0.4, 0.5) is 5.82 Å². The van der Waals surface area contributed by atoms with Crippen LogP contribution in [-0.2, 0) is 12.8 Å². The maximum atomic E-state index is 5.60. The Kier molecular flexibility index (Phi) is 3.48. The minimum atomic E-state index is 0.761. The van der Waals surface area contributed by atoms with E-state index in [1.807, 2.05) is 0 Å². The van der Waals surface area contributed by atoms with Crippen molar-refractivity contribution in [2.45, 2.75) is 19.3 Å². The first-order valence-corrected chi connectivity index (χ1v) is 7.03. The fourth-order valence-corrected chi connectivity index (χ4v) is 2.97. The Morgan fingerprint density at radius 2 is 1.94 bits per heavy atom. The van der Waals surface area contributed by atoms with Crippen LogP contribution in [-0.4, -0.2) is 49.2 Å². The van der Waals surface area contributed by atoms with Gasteiger partial charge in [-0.3, -0.25) is 4.90 Å². The maximum absolute atomic E-state index is 5.60. The molecule has 0 aromatic carbocycles. The number of nitrogens with zero attached hydrogens (tertiary/aromatic N) is 3. The number of piperazine rings is 1. The Hall–Kier alpha value is -1.13. The molecule has 2 aliphatic rings. The zero-order valence-corrected chi connectivity index (χ0v) is 10.9. The highest BCUT2D eigenvalue weighted by molar-refractivity contribution is 5.43. The van der Waals surface area contributed by atoms with E-state index in [-0.39, 0.29) is 0 Å². The molecule has 3 rings (SSSR count). The van der Waals surface area contributed by atoms with Crippen molar-refractivity contribution in [3.05, 3.63) is 23.4 Å². The van der Waals surface area contributed by atoms with E-state index in [1.54, 1.807) is 0 Å². The summed E-state index contributed by atoms with van der Waals surface area (Å²) < 4.78 is 0. The summed E-state index contributed by atoms with van der Waals surface area (Å²) in [7, 11) is 0. The molecule has 1 saturated heterocycles. The van der Waals surface area contributed by atoms with Crippen molar-refractivity contribution in [2.24, 2.45) is 5.73 Å². The summed E-state index contributed by atoms with van der Waals surface area (Å²) in [5.74, 6) is 1.17. The molecule has 4 nitrogen and oxygen atoms in total. The van der Waals surface area contributed by atoms with Crippen LogP contribution in [0.2, 0.25) is 0 Å². The third-order valence-corrected chi connectivity index (χ3v) is 4.06. The van der Waals surface area contributed by atoms with Gasteiger partial charge in [0.25, 0.3) is 0 Å². The van der Waals surface area contributed by atoms with Gasteiger partial charge in [-0.15, -0.1) is 0 Å². The molecule has 0 spiro atoms. The monoisotopic (exact) mass is 246 g/mol. The summed E-state index contributed by atoms with van der Waals surface area (Å²) in [4.78, 5) is 9.67. The molecule has 1 aliphatic heterocycles. The van der Waals surface area contributed by atoms with Crippen molar-refractivity contribution in [3.8, 4) is 0 Å². The van der Waals surface area contributed by atoms with Crippen molar-refractivity contribution in [3.63, 3.8) is 0 Å². The summed E-state index contributed by atoms with van der Waals surface area (Å²) >= 11 is 0. The van der Waals surface area contributed by atoms with Gasteiger partial charge in [0, 0.05) is 45.0 Å². The number of hydrogen-bond donors (Lipinski definition) is 1. The van der Waals surface area contributed by atoms with Gasteiger partial charge >= 0.3 is 0 Å². The molecular weight excluding hydrogens is 224 g/mol. The summed E-state index contributed by atoms with van der Waals surface area (Å²) in [5, 5.41) is 0. The first kappa shape index (κ1) is 11.9. The molecule has 1 aliphatic carbocycles. The summed E-state index contributed by atoms with van der Waals surface area (Å²) in [6.45, 7) is 6.14. The lowest BCUT2D eigenvalue weighted by molar-refractivity contribution is 0.264. The molecule has 1 aromatic rings. The van der Waals surface area contributed by atoms with Gasteiger partial charge < -0.3 is 10.6 Å². The molecule has 4 heteroatoms. The van der Waals surface area contributed by atoms with Gasteiger partial charge in [0.1, 0.15) is 5.82 Å². The largest absolute Gasteiger partial charge is 0.354 e. The smallest absolute Gasteiger partial charge is 0.128 e. The van der Waals surface area contributed by atoms with Crippen molar-refractivity contribution < 1.29 is 0 Å². The van der Waals surface area contributed by atoms with Gasteiger partial charge in [-0.2, -0.15) is 0 Å². The SMILES string of the molecule is NCCN1CCN(c2ccc3c(n2)CCC3)CC1. The zero-order valence-electron chi connectivity index (χ0n) is 10.9. The second kappa shape index (κ2) is 5.24. The van der Waals surface area contributed by atoms with Crippen molar-refractivity contribution in [1.82, 2.24) is 9.88 Å². The van der Waals surface area contributed by atoms with E-state index in [1.165, 1.54) is 29.9 Å². The van der Waals surface area contributed by atoms with Crippen LogP contribution >= 0.6 is 0 Å². The van der Waals surface area contributed by atoms with Crippen LogP contribution in [0.1, 0.15) is 17.7 Å². The molecule has 0 radical (unpaired) electrons. The van der Waals surface area contributed by atoms with Gasteiger partial charge in [0.05, 0.1) is 0 Å². The molecule has 0 unspecified atom stereocenters. The lowest BCUT2D eigenvalue weighted by Gasteiger charge is -2.35. The highest BCUT2D eigenvalue weighted by Crippen LogP contribution is 2.23. The summed E-state index contributed by atoms with van der Waals surface area (Å²) in [5.41, 5.74) is 8.39. The Morgan fingerprint density at radius 3 is 2.72 bits per heavy atom. The van der Waals surface area contributed by atoms with Crippen LogP contribution in [0.25, 0.3) is 0 Å². The van der Waals surface area contributed by atoms with Gasteiger partial charge in [0.2, 0.25) is 0 Å². The molecule has 98 valence electrons. The predicted octanol–water partition coefficient (Wildman–Crippen LogP) is 0.651. The van der Waals surface area contributed by atoms with Crippen LogP contribution in [0.5, 0.6) is 0 Å². The fraction of sp³-hybridized carbons (Fsp3) is 0.643. The number of anilines is 1. The maximum Gasteiger partial charge on any atom is 0.128 e. The van der Waals surface area contributed by atoms with Crippen molar-refractivity contribution in [2.75, 3.05) is 44.2 Å². The predicted molar refractivity (Wildman–Crippen MR) is 74.0 cm³/mol. The number of aromatic nitrogens is 1. The average Bonchev–Trinajstić information content (AvgIpc) is 2.87. The minimum Gasteiger partial charge on any atom is -0.354 e. The van der Waals surface area contributed by atoms with E-state index in [0.717, 1.165) is 45.7 Å². The van der Waals surface area contributed by atoms with E-state index in [4.69, 9.17) is 10.7 Å². The number of fused-ring (bicyclic) bond motifs is 1. The minimum absolute atomic E-state index is 0.761. The highest BCUT2D eigenvalue weighted by atomic mass is 15.3. The summed E-state index contributed by atoms with van der Waals surface area (Å²) in [6, 6.07) is 4.47. The molecule has 0 bridgehead atoms. The van der Waals surface area contributed by atoms with E-state index >= 15 is 0 Å². The molecule has 1 fully saturated rings. The molecular formula is C14H22N4. The topological polar surface area (TPSA) is 45.4 Å². The van der Waals surface area contributed by atoms with E-state index in [0.29, 0.717) is 0 Å². The number of aryl methyl sites for hydroxylation is 2. The number of pyridine rings is 1. The Morgan fingerprint density at radius 1 is 1.11 bits per heavy atom. The zero-order chi connectivity index (χ0) is 12.4. The number of hydrogen-bond acceptors (Lipinski definition) is 4. The van der Waals surface area contributed by atoms with Crippen LogP contribution < -0.4 is 10.6 Å². The lowest BCUT2D eigenvalue weighted by atomic mass is 10.2. The highest BCUT2D eigenvalue weighted by Gasteiger charge is 2.19. The molecule has 0 saturated carbocycles. The molecule has 0 atom stereocenters. The first-order chi connectivity index (χ1) is 8.86. The van der Waals surface area contributed by atoms with Crippen molar-refractivity contribution in [1.29, 1.82) is 0 Å². The van der Waals surface area contributed by atoms with E-state index in [2.05, 4.69) is 21.9 Å². The third kappa shape index (κ3) is 2.35. The van der Waals surface area contributed by atoms with E-state index < -0.39 is 0 Å². The first-order valence-electron chi connectivity index (χ1n) is 7.03. The standard InChI is InChI=1S/C14H22N4/c15-6-7-17-8-10-18(11-9-17)14-5-4-12-2-1-3-13(12)16-14/h4-5H,1-3,6-11,15H2. The number of rotatable bonds is 3. The fourth-order valence-electron chi connectivity index (χ4n) is 2.97. The van der Waals surface area contributed by atoms with Gasteiger partial charge in [-0.25, -0.2) is 4.98 Å². The third-order valence-electron chi connectivity index (χ3n) is 4.06. The summed E-state index contributed by atoms with van der Waals surface area (Å²) in [6.07, 6.45) is 3.65. The molecule has 0 amide bonds.